The minimum absolute atomic E-state index is 0.0124. The van der Waals surface area contributed by atoms with E-state index in [4.69, 9.17) is 4.74 Å². The zero-order chi connectivity index (χ0) is 45.8. The Morgan fingerprint density at radius 1 is 0.429 bits per heavy atom. The smallest absolute Gasteiger partial charge is 0.305 e. The van der Waals surface area contributed by atoms with Gasteiger partial charge < -0.3 is 20.3 Å². The molecule has 0 heterocycles. The van der Waals surface area contributed by atoms with Crippen molar-refractivity contribution in [2.75, 3.05) is 13.2 Å². The molecule has 0 saturated carbocycles. The van der Waals surface area contributed by atoms with Gasteiger partial charge >= 0.3 is 5.97 Å². The molecule has 63 heavy (non-hydrogen) atoms. The van der Waals surface area contributed by atoms with Crippen molar-refractivity contribution in [2.24, 2.45) is 0 Å². The number of carbonyl (C=O) groups is 2. The maximum absolute atomic E-state index is 12.5. The van der Waals surface area contributed by atoms with Crippen LogP contribution in [0.1, 0.15) is 303 Å². The van der Waals surface area contributed by atoms with Gasteiger partial charge in [0, 0.05) is 12.8 Å². The molecule has 372 valence electrons. The van der Waals surface area contributed by atoms with Gasteiger partial charge in [-0.25, -0.2) is 0 Å². The van der Waals surface area contributed by atoms with Crippen molar-refractivity contribution >= 4 is 11.9 Å². The minimum atomic E-state index is -0.852. The predicted molar refractivity (Wildman–Crippen MR) is 273 cm³/mol. The number of hydrogen-bond acceptors (Lipinski definition) is 5. The molecule has 2 unspecified atom stereocenters. The van der Waals surface area contributed by atoms with E-state index in [1.165, 1.54) is 218 Å². The first kappa shape index (κ1) is 61.3. The normalized spacial score (nSPS) is 12.8. The van der Waals surface area contributed by atoms with E-state index in [-0.39, 0.29) is 18.5 Å². The molecule has 0 spiro atoms. The molecule has 2 atom stereocenters. The Kier molecular flexibility index (Phi) is 51.6. The van der Waals surface area contributed by atoms with Gasteiger partial charge in [-0.2, -0.15) is 0 Å². The molecule has 0 aromatic carbocycles. The lowest BCUT2D eigenvalue weighted by Gasteiger charge is -2.20. The molecule has 6 nitrogen and oxygen atoms in total. The van der Waals surface area contributed by atoms with Crippen LogP contribution in [0.3, 0.4) is 0 Å². The molecule has 0 aromatic heterocycles. The second kappa shape index (κ2) is 53.0. The summed E-state index contributed by atoms with van der Waals surface area (Å²) in [6.07, 6.45) is 63.3. The van der Waals surface area contributed by atoms with Crippen LogP contribution in [0.5, 0.6) is 0 Å². The zero-order valence-electron chi connectivity index (χ0n) is 42.3. The number of esters is 1. The summed E-state index contributed by atoms with van der Waals surface area (Å²) in [5.74, 6) is -0.0892. The molecule has 3 N–H and O–H groups in total. The van der Waals surface area contributed by atoms with Crippen molar-refractivity contribution in [1.82, 2.24) is 5.32 Å². The van der Waals surface area contributed by atoms with Gasteiger partial charge in [-0.05, 0) is 57.8 Å². The van der Waals surface area contributed by atoms with Crippen LogP contribution < -0.4 is 5.32 Å². The second-order valence-corrected chi connectivity index (χ2v) is 19.3. The van der Waals surface area contributed by atoms with Gasteiger partial charge in [0.25, 0.3) is 0 Å². The Morgan fingerprint density at radius 3 is 1.14 bits per heavy atom. The van der Waals surface area contributed by atoms with Crippen LogP contribution in [-0.2, 0) is 14.3 Å². The van der Waals surface area contributed by atoms with Crippen LogP contribution in [0.25, 0.3) is 0 Å². The highest BCUT2D eigenvalue weighted by Crippen LogP contribution is 2.17. The van der Waals surface area contributed by atoms with E-state index in [1.807, 2.05) is 6.08 Å². The first-order chi connectivity index (χ1) is 31.0. The van der Waals surface area contributed by atoms with E-state index >= 15 is 0 Å². The van der Waals surface area contributed by atoms with Crippen molar-refractivity contribution < 1.29 is 24.5 Å². The number of allylic oxidation sites excluding steroid dienone is 3. The molecule has 0 aliphatic heterocycles. The maximum Gasteiger partial charge on any atom is 0.305 e. The first-order valence-corrected chi connectivity index (χ1v) is 28.1. The molecule has 0 aliphatic rings. The highest BCUT2D eigenvalue weighted by Gasteiger charge is 2.18. The number of nitrogens with one attached hydrogen (secondary N) is 1. The summed E-state index contributed by atoms with van der Waals surface area (Å²) in [5.41, 5.74) is 0. The van der Waals surface area contributed by atoms with E-state index in [0.717, 1.165) is 57.8 Å². The summed E-state index contributed by atoms with van der Waals surface area (Å²) >= 11 is 0. The number of hydrogen-bond donors (Lipinski definition) is 3. The predicted octanol–water partition coefficient (Wildman–Crippen LogP) is 17.1. The van der Waals surface area contributed by atoms with Crippen LogP contribution in [0.15, 0.2) is 24.3 Å². The molecule has 0 saturated heterocycles. The summed E-state index contributed by atoms with van der Waals surface area (Å²) in [4.78, 5) is 24.5. The monoisotopic (exact) mass is 888 g/mol. The summed E-state index contributed by atoms with van der Waals surface area (Å²) in [6, 6.07) is -0.636. The molecular weight excluding hydrogens is 779 g/mol. The third-order valence-corrected chi connectivity index (χ3v) is 13.0. The van der Waals surface area contributed by atoms with Gasteiger partial charge in [-0.1, -0.05) is 256 Å². The Bertz CT molecular complexity index is 982. The van der Waals surface area contributed by atoms with Crippen molar-refractivity contribution in [2.45, 2.75) is 315 Å². The standard InChI is InChI=1S/C57H109NO5/c1-3-5-7-9-11-13-15-17-18-19-20-21-22-26-29-33-37-41-45-49-55(60)54(53-59)58-56(61)50-46-42-38-34-30-27-23-24-28-32-36-40-44-48-52-63-57(62)51-47-43-39-35-31-25-16-14-12-10-8-6-4-2/h14,16,45,49,54-55,59-60H,3-13,15,17-44,46-48,50-53H2,1-2H3,(H,58,61)/b16-14-,49-45+. The van der Waals surface area contributed by atoms with E-state index < -0.39 is 12.1 Å². The molecule has 0 rings (SSSR count). The van der Waals surface area contributed by atoms with Crippen LogP contribution in [-0.4, -0.2) is 47.4 Å². The fourth-order valence-electron chi connectivity index (χ4n) is 8.63. The lowest BCUT2D eigenvalue weighted by Crippen LogP contribution is -2.45. The first-order valence-electron chi connectivity index (χ1n) is 28.1. The lowest BCUT2D eigenvalue weighted by atomic mass is 10.0. The zero-order valence-corrected chi connectivity index (χ0v) is 42.3. The molecule has 0 fully saturated rings. The van der Waals surface area contributed by atoms with Gasteiger partial charge in [0.2, 0.25) is 5.91 Å². The quantitative estimate of drug-likeness (QED) is 0.0321. The topological polar surface area (TPSA) is 95.9 Å². The molecule has 1 amide bonds. The number of carbonyl (C=O) groups excluding carboxylic acids is 2. The molecule has 0 aromatic rings. The molecule has 0 radical (unpaired) electrons. The highest BCUT2D eigenvalue weighted by molar-refractivity contribution is 5.76. The van der Waals surface area contributed by atoms with Gasteiger partial charge in [0.15, 0.2) is 0 Å². The van der Waals surface area contributed by atoms with E-state index in [2.05, 4.69) is 31.3 Å². The van der Waals surface area contributed by atoms with Crippen molar-refractivity contribution in [3.63, 3.8) is 0 Å². The average Bonchev–Trinajstić information content (AvgIpc) is 3.28. The molecular formula is C57H109NO5. The fourth-order valence-corrected chi connectivity index (χ4v) is 8.63. The Morgan fingerprint density at radius 2 is 0.746 bits per heavy atom. The van der Waals surface area contributed by atoms with Gasteiger partial charge in [-0.3, -0.25) is 9.59 Å². The Labute approximate surface area is 392 Å². The largest absolute Gasteiger partial charge is 0.466 e. The van der Waals surface area contributed by atoms with E-state index in [1.54, 1.807) is 6.08 Å². The maximum atomic E-state index is 12.5. The Balaban J connectivity index is 3.48. The summed E-state index contributed by atoms with van der Waals surface area (Å²) in [5, 5.41) is 23.1. The highest BCUT2D eigenvalue weighted by atomic mass is 16.5. The number of aliphatic hydroxyl groups excluding tert-OH is 2. The number of rotatable bonds is 52. The van der Waals surface area contributed by atoms with Crippen LogP contribution in [0.4, 0.5) is 0 Å². The SMILES string of the molecule is CCCCCC/C=C\CCCCCCCC(=O)OCCCCCCCCCCCCCCCCC(=O)NC(CO)C(O)/C=C/CCCCCCCCCCCCCCCCCCC. The molecule has 0 bridgehead atoms. The van der Waals surface area contributed by atoms with Crippen LogP contribution >= 0.6 is 0 Å². The third-order valence-electron chi connectivity index (χ3n) is 13.0. The summed E-state index contributed by atoms with van der Waals surface area (Å²) < 4.78 is 5.46. The van der Waals surface area contributed by atoms with Crippen molar-refractivity contribution in [1.29, 1.82) is 0 Å². The van der Waals surface area contributed by atoms with Crippen LogP contribution in [0, 0.1) is 0 Å². The minimum Gasteiger partial charge on any atom is -0.466 e. The van der Waals surface area contributed by atoms with Crippen molar-refractivity contribution in [3.8, 4) is 0 Å². The number of aliphatic hydroxyl groups is 2. The Hall–Kier alpha value is -1.66. The van der Waals surface area contributed by atoms with Gasteiger partial charge in [0.05, 0.1) is 25.4 Å². The van der Waals surface area contributed by atoms with E-state index in [9.17, 15) is 19.8 Å². The molecule has 0 aliphatic carbocycles. The number of amides is 1. The van der Waals surface area contributed by atoms with Crippen LogP contribution in [0.2, 0.25) is 0 Å². The van der Waals surface area contributed by atoms with Gasteiger partial charge in [-0.15, -0.1) is 0 Å². The third kappa shape index (κ3) is 49.6. The fraction of sp³-hybridized carbons (Fsp3) is 0.895. The second-order valence-electron chi connectivity index (χ2n) is 19.3. The summed E-state index contributed by atoms with van der Waals surface area (Å²) in [6.45, 7) is 4.88. The van der Waals surface area contributed by atoms with E-state index in [0.29, 0.717) is 19.4 Å². The number of ether oxygens (including phenoxy) is 1. The summed E-state index contributed by atoms with van der Waals surface area (Å²) in [7, 11) is 0. The van der Waals surface area contributed by atoms with Gasteiger partial charge in [0.1, 0.15) is 0 Å². The molecule has 6 heteroatoms. The average molecular weight is 889 g/mol. The lowest BCUT2D eigenvalue weighted by molar-refractivity contribution is -0.143. The number of unbranched alkanes of at least 4 members (excludes halogenated alkanes) is 39. The van der Waals surface area contributed by atoms with Crippen molar-refractivity contribution in [3.05, 3.63) is 24.3 Å².